The molecular formula is C26H32BClF3N2. The number of hydrogen-bond acceptors (Lipinski definition) is 1. The molecule has 33 heavy (non-hydrogen) atoms. The van der Waals surface area contributed by atoms with Crippen LogP contribution in [-0.2, 0) is 19.0 Å². The van der Waals surface area contributed by atoms with Gasteiger partial charge >= 0.3 is 6.18 Å². The summed E-state index contributed by atoms with van der Waals surface area (Å²) in [5.41, 5.74) is 2.08. The van der Waals surface area contributed by atoms with E-state index in [1.807, 2.05) is 38.0 Å². The minimum absolute atomic E-state index is 0.410. The largest absolute Gasteiger partial charge is 0.416 e. The van der Waals surface area contributed by atoms with E-state index in [0.717, 1.165) is 24.1 Å². The van der Waals surface area contributed by atoms with Crippen molar-refractivity contribution in [1.82, 2.24) is 9.55 Å². The number of benzene rings is 2. The molecule has 0 atom stereocenters. The second-order valence-electron chi connectivity index (χ2n) is 8.12. The van der Waals surface area contributed by atoms with Gasteiger partial charge in [-0.15, -0.1) is 0 Å². The Hall–Kier alpha value is -2.21. The highest BCUT2D eigenvalue weighted by atomic mass is 35.5. The van der Waals surface area contributed by atoms with Crippen LogP contribution < -0.4 is 5.46 Å². The molecule has 3 aromatic rings. The van der Waals surface area contributed by atoms with E-state index in [-0.39, 0.29) is 0 Å². The van der Waals surface area contributed by atoms with Crippen LogP contribution in [0.1, 0.15) is 62.3 Å². The van der Waals surface area contributed by atoms with Gasteiger partial charge in [-0.3, -0.25) is 0 Å². The Labute approximate surface area is 201 Å². The summed E-state index contributed by atoms with van der Waals surface area (Å²) in [6.45, 7) is 5.51. The summed E-state index contributed by atoms with van der Waals surface area (Å²) in [6.07, 6.45) is 8.14. The van der Waals surface area contributed by atoms with Crippen molar-refractivity contribution in [2.75, 3.05) is 0 Å². The molecule has 2 nitrogen and oxygen atoms in total. The predicted octanol–water partition coefficient (Wildman–Crippen LogP) is 7.44. The van der Waals surface area contributed by atoms with Gasteiger partial charge in [0.2, 0.25) is 0 Å². The van der Waals surface area contributed by atoms with Crippen LogP contribution >= 0.6 is 11.6 Å². The maximum atomic E-state index is 12.6. The van der Waals surface area contributed by atoms with E-state index in [1.165, 1.54) is 50.3 Å². The monoisotopic (exact) mass is 475 g/mol. The highest BCUT2D eigenvalue weighted by Crippen LogP contribution is 2.29. The zero-order valence-electron chi connectivity index (χ0n) is 19.4. The summed E-state index contributed by atoms with van der Waals surface area (Å²) in [5, 5.41) is 0.592. The van der Waals surface area contributed by atoms with Gasteiger partial charge in [0, 0.05) is 23.5 Å². The van der Waals surface area contributed by atoms with Crippen molar-refractivity contribution in [3.8, 4) is 0 Å². The van der Waals surface area contributed by atoms with Crippen LogP contribution in [0.5, 0.6) is 0 Å². The third-order valence-electron chi connectivity index (χ3n) is 5.39. The van der Waals surface area contributed by atoms with Crippen LogP contribution in [0.15, 0.2) is 61.1 Å². The first-order valence-corrected chi connectivity index (χ1v) is 11.9. The van der Waals surface area contributed by atoms with E-state index in [9.17, 15) is 13.2 Å². The molecule has 0 amide bonds. The van der Waals surface area contributed by atoms with Crippen molar-refractivity contribution in [3.63, 3.8) is 0 Å². The van der Waals surface area contributed by atoms with Gasteiger partial charge in [0.1, 0.15) is 0 Å². The average Bonchev–Trinajstić information content (AvgIpc) is 3.20. The van der Waals surface area contributed by atoms with Crippen molar-refractivity contribution in [2.24, 2.45) is 0 Å². The lowest BCUT2D eigenvalue weighted by molar-refractivity contribution is -0.137. The number of imidazole rings is 1. The lowest BCUT2D eigenvalue weighted by Gasteiger charge is -2.08. The van der Waals surface area contributed by atoms with Gasteiger partial charge in [0.15, 0.2) is 7.28 Å². The van der Waals surface area contributed by atoms with Crippen LogP contribution in [0.25, 0.3) is 0 Å². The summed E-state index contributed by atoms with van der Waals surface area (Å²) >= 11 is 5.98. The van der Waals surface area contributed by atoms with Crippen molar-refractivity contribution in [2.45, 2.75) is 71.4 Å². The Balaban J connectivity index is 0.000000245. The standard InChI is InChI=1S/C14H10BClF3.C12H22N2/c16-13-7-2-1-6-12(13)15-9-10-4-3-5-11(8-10)14(17,18)19;1-3-4-5-6-7-8-9-14-11-13-10-12(14)2/h1-8H,9H2;10-11H,3-9H2,1-2H3. The van der Waals surface area contributed by atoms with E-state index in [2.05, 4.69) is 23.4 Å². The first kappa shape index (κ1) is 27.0. The molecule has 1 heterocycles. The molecule has 0 N–H and O–H groups in total. The van der Waals surface area contributed by atoms with Gasteiger partial charge in [-0.1, -0.05) is 98.1 Å². The second-order valence-corrected chi connectivity index (χ2v) is 8.53. The van der Waals surface area contributed by atoms with E-state index in [0.29, 0.717) is 16.9 Å². The number of aryl methyl sites for hydroxylation is 2. The van der Waals surface area contributed by atoms with Crippen LogP contribution in [0, 0.1) is 6.92 Å². The molecule has 2 aromatic carbocycles. The number of halogens is 4. The Morgan fingerprint density at radius 1 is 0.970 bits per heavy atom. The Morgan fingerprint density at radius 3 is 2.36 bits per heavy atom. The number of nitrogens with zero attached hydrogens (tertiary/aromatic N) is 2. The number of alkyl halides is 3. The van der Waals surface area contributed by atoms with Gasteiger partial charge in [-0.05, 0) is 31.8 Å². The van der Waals surface area contributed by atoms with Crippen molar-refractivity contribution in [3.05, 3.63) is 82.9 Å². The second kappa shape index (κ2) is 14.1. The molecule has 0 fully saturated rings. The maximum absolute atomic E-state index is 12.6. The van der Waals surface area contributed by atoms with E-state index in [1.54, 1.807) is 12.1 Å². The number of rotatable bonds is 10. The van der Waals surface area contributed by atoms with Crippen LogP contribution in [0.4, 0.5) is 13.2 Å². The number of aromatic nitrogens is 2. The molecule has 0 aliphatic heterocycles. The van der Waals surface area contributed by atoms with Gasteiger partial charge < -0.3 is 4.57 Å². The quantitative estimate of drug-likeness (QED) is 0.220. The third kappa shape index (κ3) is 10.1. The number of hydrogen-bond donors (Lipinski definition) is 0. The fraction of sp³-hybridized carbons (Fsp3) is 0.423. The fourth-order valence-electron chi connectivity index (χ4n) is 3.43. The molecule has 0 aliphatic carbocycles. The summed E-state index contributed by atoms with van der Waals surface area (Å²) in [7, 11) is 1.82. The predicted molar refractivity (Wildman–Crippen MR) is 132 cm³/mol. The smallest absolute Gasteiger partial charge is 0.335 e. The van der Waals surface area contributed by atoms with Crippen LogP contribution in [0.3, 0.4) is 0 Å². The summed E-state index contributed by atoms with van der Waals surface area (Å²) < 4.78 is 39.9. The average molecular weight is 476 g/mol. The van der Waals surface area contributed by atoms with E-state index < -0.39 is 11.7 Å². The zero-order chi connectivity index (χ0) is 24.1. The lowest BCUT2D eigenvalue weighted by atomic mass is 9.65. The van der Waals surface area contributed by atoms with E-state index in [4.69, 9.17) is 11.6 Å². The normalized spacial score (nSPS) is 11.1. The van der Waals surface area contributed by atoms with Gasteiger partial charge in [0.05, 0.1) is 11.9 Å². The molecule has 177 valence electrons. The number of unbranched alkanes of at least 4 members (excludes halogenated alkanes) is 5. The summed E-state index contributed by atoms with van der Waals surface area (Å²) in [4.78, 5) is 4.11. The maximum Gasteiger partial charge on any atom is 0.416 e. The molecular weight excluding hydrogens is 444 g/mol. The SMILES string of the molecule is CCCCCCCCn1cncc1C.FC(F)(F)c1cccc(C[B]c2ccccc2Cl)c1. The molecule has 0 unspecified atom stereocenters. The molecule has 1 radical (unpaired) electrons. The molecule has 3 rings (SSSR count). The van der Waals surface area contributed by atoms with Crippen LogP contribution in [0.2, 0.25) is 5.02 Å². The van der Waals surface area contributed by atoms with Crippen molar-refractivity contribution < 1.29 is 13.2 Å². The minimum Gasteiger partial charge on any atom is -0.335 e. The zero-order valence-corrected chi connectivity index (χ0v) is 20.2. The first-order chi connectivity index (χ1) is 15.8. The van der Waals surface area contributed by atoms with Gasteiger partial charge in [-0.2, -0.15) is 13.2 Å². The molecule has 7 heteroatoms. The lowest BCUT2D eigenvalue weighted by Crippen LogP contribution is -2.18. The molecule has 0 aliphatic rings. The molecule has 1 aromatic heterocycles. The highest BCUT2D eigenvalue weighted by Gasteiger charge is 2.30. The molecule has 0 saturated heterocycles. The molecule has 0 bridgehead atoms. The fourth-order valence-corrected chi connectivity index (χ4v) is 3.64. The van der Waals surface area contributed by atoms with Crippen molar-refractivity contribution >= 4 is 24.3 Å². The van der Waals surface area contributed by atoms with Crippen LogP contribution in [-0.4, -0.2) is 16.8 Å². The summed E-state index contributed by atoms with van der Waals surface area (Å²) in [6, 6.07) is 12.5. The Bertz CT molecular complexity index is 956. The minimum atomic E-state index is -4.31. The topological polar surface area (TPSA) is 17.8 Å². The Kier molecular flexibility index (Phi) is 11.6. The first-order valence-electron chi connectivity index (χ1n) is 11.5. The molecule has 0 spiro atoms. The van der Waals surface area contributed by atoms with E-state index >= 15 is 0 Å². The summed E-state index contributed by atoms with van der Waals surface area (Å²) in [5.74, 6) is 0. The molecule has 0 saturated carbocycles. The Morgan fingerprint density at radius 2 is 1.70 bits per heavy atom. The van der Waals surface area contributed by atoms with Crippen molar-refractivity contribution in [1.29, 1.82) is 0 Å². The third-order valence-corrected chi connectivity index (χ3v) is 5.73. The highest BCUT2D eigenvalue weighted by molar-refractivity contribution is 6.58. The van der Waals surface area contributed by atoms with Gasteiger partial charge in [0.25, 0.3) is 0 Å². The van der Waals surface area contributed by atoms with Gasteiger partial charge in [-0.25, -0.2) is 4.98 Å².